The quantitative estimate of drug-likeness (QED) is 0.351. The standard InChI is InChI=1S/C26H21N5O2/c1-17-6-3-8-19(12-17)23(32)14-18-7-4-10-21(13-18)33-26-22-16-31(2)30-25(22)28-24(29-26)20-9-5-11-27-15-20/h3-13,15-16H,14H2,1-2H3. The average Bonchev–Trinajstić information content (AvgIpc) is 3.20. The monoisotopic (exact) mass is 435 g/mol. The molecule has 0 aliphatic heterocycles. The molecule has 0 radical (unpaired) electrons. The average molecular weight is 435 g/mol. The molecule has 0 saturated carbocycles. The molecule has 0 fully saturated rings. The van der Waals surface area contributed by atoms with Crippen molar-refractivity contribution in [2.24, 2.45) is 7.05 Å². The van der Waals surface area contributed by atoms with Crippen molar-refractivity contribution >= 4 is 16.8 Å². The van der Waals surface area contributed by atoms with E-state index in [4.69, 9.17) is 4.74 Å². The lowest BCUT2D eigenvalue weighted by molar-refractivity contribution is 0.0993. The predicted molar refractivity (Wildman–Crippen MR) is 125 cm³/mol. The zero-order chi connectivity index (χ0) is 22.8. The van der Waals surface area contributed by atoms with E-state index in [1.807, 2.05) is 80.8 Å². The highest BCUT2D eigenvalue weighted by Gasteiger charge is 2.15. The Labute approximate surface area is 190 Å². The van der Waals surface area contributed by atoms with Crippen LogP contribution in [0.1, 0.15) is 21.5 Å². The van der Waals surface area contributed by atoms with Gasteiger partial charge < -0.3 is 4.74 Å². The summed E-state index contributed by atoms with van der Waals surface area (Å²) in [6.07, 6.45) is 5.51. The molecule has 0 N–H and O–H groups in total. The van der Waals surface area contributed by atoms with Gasteiger partial charge in [-0.25, -0.2) is 4.98 Å². The maximum Gasteiger partial charge on any atom is 0.234 e. The van der Waals surface area contributed by atoms with Crippen LogP contribution in [0.25, 0.3) is 22.4 Å². The number of benzene rings is 2. The lowest BCUT2D eigenvalue weighted by Gasteiger charge is -2.09. The van der Waals surface area contributed by atoms with Crippen LogP contribution < -0.4 is 4.74 Å². The number of aryl methyl sites for hydroxylation is 2. The zero-order valence-electron chi connectivity index (χ0n) is 18.3. The van der Waals surface area contributed by atoms with Gasteiger partial charge in [-0.05, 0) is 42.8 Å². The highest BCUT2D eigenvalue weighted by atomic mass is 16.5. The molecule has 7 heteroatoms. The summed E-state index contributed by atoms with van der Waals surface area (Å²) in [5.74, 6) is 1.53. The van der Waals surface area contributed by atoms with Crippen LogP contribution in [0, 0.1) is 6.92 Å². The smallest absolute Gasteiger partial charge is 0.234 e. The minimum absolute atomic E-state index is 0.0615. The van der Waals surface area contributed by atoms with Crippen LogP contribution in [-0.2, 0) is 13.5 Å². The Hall–Kier alpha value is -4.39. The number of Topliss-reactive ketones (excluding diaryl/α,β-unsaturated/α-hetero) is 1. The summed E-state index contributed by atoms with van der Waals surface area (Å²) in [4.78, 5) is 26.1. The van der Waals surface area contributed by atoms with Crippen molar-refractivity contribution in [3.63, 3.8) is 0 Å². The number of carbonyl (C=O) groups is 1. The zero-order valence-corrected chi connectivity index (χ0v) is 18.3. The van der Waals surface area contributed by atoms with E-state index in [0.29, 0.717) is 34.1 Å². The van der Waals surface area contributed by atoms with Gasteiger partial charge in [-0.1, -0.05) is 35.9 Å². The van der Waals surface area contributed by atoms with E-state index in [1.54, 1.807) is 17.1 Å². The molecule has 0 aliphatic carbocycles. The Morgan fingerprint density at radius 3 is 2.73 bits per heavy atom. The summed E-state index contributed by atoms with van der Waals surface area (Å²) in [5.41, 5.74) is 3.93. The Bertz CT molecular complexity index is 1460. The van der Waals surface area contributed by atoms with Crippen LogP contribution in [0.2, 0.25) is 0 Å². The molecule has 0 aliphatic rings. The number of hydrogen-bond donors (Lipinski definition) is 0. The number of pyridine rings is 1. The third-order valence-corrected chi connectivity index (χ3v) is 5.20. The number of nitrogens with zero attached hydrogens (tertiary/aromatic N) is 5. The van der Waals surface area contributed by atoms with Gasteiger partial charge in [0.2, 0.25) is 5.88 Å². The van der Waals surface area contributed by atoms with Crippen LogP contribution in [0.15, 0.2) is 79.3 Å². The van der Waals surface area contributed by atoms with E-state index in [0.717, 1.165) is 16.7 Å². The van der Waals surface area contributed by atoms with Gasteiger partial charge >= 0.3 is 0 Å². The van der Waals surface area contributed by atoms with Crippen LogP contribution in [0.3, 0.4) is 0 Å². The lowest BCUT2D eigenvalue weighted by Crippen LogP contribution is -2.04. The number of aromatic nitrogens is 5. The maximum atomic E-state index is 12.7. The fourth-order valence-electron chi connectivity index (χ4n) is 3.63. The first-order valence-electron chi connectivity index (χ1n) is 10.5. The van der Waals surface area contributed by atoms with Gasteiger partial charge in [-0.2, -0.15) is 10.1 Å². The fourth-order valence-corrected chi connectivity index (χ4v) is 3.63. The molecule has 33 heavy (non-hydrogen) atoms. The van der Waals surface area contributed by atoms with Crippen molar-refractivity contribution in [1.82, 2.24) is 24.7 Å². The van der Waals surface area contributed by atoms with E-state index >= 15 is 0 Å². The molecule has 0 saturated heterocycles. The molecule has 3 heterocycles. The SMILES string of the molecule is Cc1cccc(C(=O)Cc2cccc(Oc3nc(-c4cccnc4)nc4nn(C)cc34)c2)c1. The van der Waals surface area contributed by atoms with Gasteiger partial charge in [0, 0.05) is 43.2 Å². The van der Waals surface area contributed by atoms with E-state index in [9.17, 15) is 4.79 Å². The molecule has 162 valence electrons. The summed E-state index contributed by atoms with van der Waals surface area (Å²) in [6, 6.07) is 18.8. The first-order valence-corrected chi connectivity index (χ1v) is 10.5. The number of fused-ring (bicyclic) bond motifs is 1. The summed E-state index contributed by atoms with van der Waals surface area (Å²) < 4.78 is 7.85. The molecular formula is C26H21N5O2. The number of hydrogen-bond acceptors (Lipinski definition) is 6. The molecule has 2 aromatic carbocycles. The van der Waals surface area contributed by atoms with Crippen LogP contribution in [0.4, 0.5) is 0 Å². The number of carbonyl (C=O) groups excluding carboxylic acids is 1. The summed E-state index contributed by atoms with van der Waals surface area (Å²) in [5, 5.41) is 5.12. The van der Waals surface area contributed by atoms with Crippen molar-refractivity contribution in [3.8, 4) is 23.0 Å². The number of ketones is 1. The van der Waals surface area contributed by atoms with Gasteiger partial charge in [0.1, 0.15) is 11.1 Å². The molecular weight excluding hydrogens is 414 g/mol. The molecule has 0 bridgehead atoms. The maximum absolute atomic E-state index is 12.7. The van der Waals surface area contributed by atoms with Crippen molar-refractivity contribution in [3.05, 3.63) is 95.9 Å². The molecule has 5 aromatic rings. The summed E-state index contributed by atoms with van der Waals surface area (Å²) >= 11 is 0. The van der Waals surface area contributed by atoms with Crippen molar-refractivity contribution in [2.75, 3.05) is 0 Å². The van der Waals surface area contributed by atoms with Gasteiger partial charge in [-0.15, -0.1) is 0 Å². The Kier molecular flexibility index (Phi) is 5.36. The second-order valence-corrected chi connectivity index (χ2v) is 7.85. The number of ether oxygens (including phenoxy) is 1. The highest BCUT2D eigenvalue weighted by molar-refractivity contribution is 5.97. The normalized spacial score (nSPS) is 11.0. The molecule has 3 aromatic heterocycles. The van der Waals surface area contributed by atoms with E-state index in [-0.39, 0.29) is 12.2 Å². The highest BCUT2D eigenvalue weighted by Crippen LogP contribution is 2.30. The first-order chi connectivity index (χ1) is 16.0. The van der Waals surface area contributed by atoms with Crippen molar-refractivity contribution in [2.45, 2.75) is 13.3 Å². The van der Waals surface area contributed by atoms with Gasteiger partial charge in [0.25, 0.3) is 0 Å². The van der Waals surface area contributed by atoms with Gasteiger partial charge in [-0.3, -0.25) is 14.5 Å². The minimum atomic E-state index is 0.0615. The fraction of sp³-hybridized carbons (Fsp3) is 0.115. The predicted octanol–water partition coefficient (Wildman–Crippen LogP) is 4.95. The van der Waals surface area contributed by atoms with Gasteiger partial charge in [0.15, 0.2) is 17.3 Å². The van der Waals surface area contributed by atoms with Gasteiger partial charge in [0.05, 0.1) is 0 Å². The van der Waals surface area contributed by atoms with Crippen LogP contribution in [0.5, 0.6) is 11.6 Å². The van der Waals surface area contributed by atoms with Crippen LogP contribution in [-0.4, -0.2) is 30.5 Å². The third kappa shape index (κ3) is 4.48. The Morgan fingerprint density at radius 2 is 1.91 bits per heavy atom. The van der Waals surface area contributed by atoms with E-state index in [1.165, 1.54) is 0 Å². The molecule has 0 amide bonds. The minimum Gasteiger partial charge on any atom is -0.438 e. The summed E-state index contributed by atoms with van der Waals surface area (Å²) in [6.45, 7) is 1.98. The largest absolute Gasteiger partial charge is 0.438 e. The molecule has 0 atom stereocenters. The molecule has 5 rings (SSSR count). The van der Waals surface area contributed by atoms with Crippen LogP contribution >= 0.6 is 0 Å². The number of rotatable bonds is 6. The van der Waals surface area contributed by atoms with E-state index < -0.39 is 0 Å². The lowest BCUT2D eigenvalue weighted by atomic mass is 10.0. The van der Waals surface area contributed by atoms with E-state index in [2.05, 4.69) is 20.1 Å². The molecule has 7 nitrogen and oxygen atoms in total. The summed E-state index contributed by atoms with van der Waals surface area (Å²) in [7, 11) is 1.83. The third-order valence-electron chi connectivity index (χ3n) is 5.20. The van der Waals surface area contributed by atoms with Crippen molar-refractivity contribution < 1.29 is 9.53 Å². The Morgan fingerprint density at radius 1 is 1.03 bits per heavy atom. The Balaban J connectivity index is 1.46. The second kappa shape index (κ2) is 8.63. The molecule has 0 spiro atoms. The second-order valence-electron chi connectivity index (χ2n) is 7.85. The first kappa shape index (κ1) is 20.5. The topological polar surface area (TPSA) is 82.8 Å². The van der Waals surface area contributed by atoms with Crippen molar-refractivity contribution in [1.29, 1.82) is 0 Å². The molecule has 0 unspecified atom stereocenters.